The van der Waals surface area contributed by atoms with Crippen LogP contribution in [0.15, 0.2) is 42.6 Å². The summed E-state index contributed by atoms with van der Waals surface area (Å²) in [6, 6.07) is 7.24. The van der Waals surface area contributed by atoms with Crippen LogP contribution in [0.4, 0.5) is 19.0 Å². The highest BCUT2D eigenvalue weighted by Crippen LogP contribution is 2.30. The zero-order chi connectivity index (χ0) is 20.7. The third kappa shape index (κ3) is 6.26. The molecule has 2 amide bonds. The third-order valence-corrected chi connectivity index (χ3v) is 3.64. The molecule has 2 N–H and O–H groups in total. The van der Waals surface area contributed by atoms with E-state index in [4.69, 9.17) is 4.74 Å². The Hall–Kier alpha value is -3.10. The van der Waals surface area contributed by atoms with E-state index in [-0.39, 0.29) is 36.5 Å². The number of aromatic nitrogens is 1. The standard InChI is InChI=1S/C19H20F3N3O3/c1-12(2)17(26)25-16-11-13(7-8-23-16)18(27)24-9-10-28-15-5-3-14(4-6-15)19(20,21)22/h3-8,11-12H,9-10H2,1-2H3,(H,24,27)(H,23,25,26). The molecule has 0 radical (unpaired) electrons. The number of hydrogen-bond acceptors (Lipinski definition) is 4. The van der Waals surface area contributed by atoms with Crippen molar-refractivity contribution < 1.29 is 27.5 Å². The van der Waals surface area contributed by atoms with Crippen LogP contribution in [0.2, 0.25) is 0 Å². The van der Waals surface area contributed by atoms with Crippen molar-refractivity contribution in [1.82, 2.24) is 10.3 Å². The number of hydrogen-bond donors (Lipinski definition) is 2. The van der Waals surface area contributed by atoms with E-state index in [2.05, 4.69) is 15.6 Å². The summed E-state index contributed by atoms with van der Waals surface area (Å²) in [5.74, 6) is -0.285. The first kappa shape index (κ1) is 21.2. The highest BCUT2D eigenvalue weighted by molar-refractivity contribution is 5.96. The van der Waals surface area contributed by atoms with E-state index in [1.54, 1.807) is 13.8 Å². The molecule has 0 bridgehead atoms. The molecule has 0 unspecified atom stereocenters. The molecule has 0 saturated heterocycles. The highest BCUT2D eigenvalue weighted by Gasteiger charge is 2.30. The normalized spacial score (nSPS) is 11.2. The van der Waals surface area contributed by atoms with Gasteiger partial charge < -0.3 is 15.4 Å². The molecule has 0 fully saturated rings. The maximum atomic E-state index is 12.5. The van der Waals surface area contributed by atoms with Crippen molar-refractivity contribution in [3.05, 3.63) is 53.7 Å². The van der Waals surface area contributed by atoms with Gasteiger partial charge in [0.1, 0.15) is 18.2 Å². The van der Waals surface area contributed by atoms with Crippen LogP contribution in [0, 0.1) is 5.92 Å². The molecule has 150 valence electrons. The molecule has 6 nitrogen and oxygen atoms in total. The Morgan fingerprint density at radius 1 is 1.14 bits per heavy atom. The van der Waals surface area contributed by atoms with Gasteiger partial charge in [0.15, 0.2) is 0 Å². The maximum Gasteiger partial charge on any atom is 0.416 e. The van der Waals surface area contributed by atoms with Gasteiger partial charge in [0.2, 0.25) is 5.91 Å². The highest BCUT2D eigenvalue weighted by atomic mass is 19.4. The number of carbonyl (C=O) groups excluding carboxylic acids is 2. The van der Waals surface area contributed by atoms with Crippen molar-refractivity contribution in [2.75, 3.05) is 18.5 Å². The zero-order valence-electron chi connectivity index (χ0n) is 15.3. The first-order valence-corrected chi connectivity index (χ1v) is 8.52. The SMILES string of the molecule is CC(C)C(=O)Nc1cc(C(=O)NCCOc2ccc(C(F)(F)F)cc2)ccn1. The Morgan fingerprint density at radius 3 is 2.43 bits per heavy atom. The molecule has 0 atom stereocenters. The number of nitrogens with zero attached hydrogens (tertiary/aromatic N) is 1. The van der Waals surface area contributed by atoms with E-state index in [9.17, 15) is 22.8 Å². The fourth-order valence-electron chi connectivity index (χ4n) is 2.09. The smallest absolute Gasteiger partial charge is 0.416 e. The number of anilines is 1. The number of alkyl halides is 3. The number of benzene rings is 1. The summed E-state index contributed by atoms with van der Waals surface area (Å²) in [4.78, 5) is 27.8. The Bertz CT molecular complexity index is 821. The lowest BCUT2D eigenvalue weighted by molar-refractivity contribution is -0.137. The summed E-state index contributed by atoms with van der Waals surface area (Å²) in [5, 5.41) is 5.23. The van der Waals surface area contributed by atoms with Gasteiger partial charge in [0.25, 0.3) is 5.91 Å². The Labute approximate surface area is 160 Å². The molecule has 0 aliphatic carbocycles. The minimum Gasteiger partial charge on any atom is -0.492 e. The molecule has 2 rings (SSSR count). The van der Waals surface area contributed by atoms with Gasteiger partial charge in [0.05, 0.1) is 12.1 Å². The Morgan fingerprint density at radius 2 is 1.82 bits per heavy atom. The molecule has 0 spiro atoms. The van der Waals surface area contributed by atoms with Crippen LogP contribution in [0.5, 0.6) is 5.75 Å². The van der Waals surface area contributed by atoms with Crippen LogP contribution in [0.3, 0.4) is 0 Å². The van der Waals surface area contributed by atoms with Crippen molar-refractivity contribution in [2.45, 2.75) is 20.0 Å². The van der Waals surface area contributed by atoms with E-state index in [1.165, 1.54) is 30.5 Å². The van der Waals surface area contributed by atoms with Gasteiger partial charge in [-0.15, -0.1) is 0 Å². The van der Waals surface area contributed by atoms with Crippen molar-refractivity contribution >= 4 is 17.6 Å². The summed E-state index contributed by atoms with van der Waals surface area (Å²) < 4.78 is 42.8. The molecule has 2 aromatic rings. The molecule has 0 aliphatic rings. The van der Waals surface area contributed by atoms with E-state index >= 15 is 0 Å². The first-order valence-electron chi connectivity index (χ1n) is 8.52. The van der Waals surface area contributed by atoms with E-state index in [1.807, 2.05) is 0 Å². The second-order valence-electron chi connectivity index (χ2n) is 6.20. The summed E-state index contributed by atoms with van der Waals surface area (Å²) >= 11 is 0. The fourth-order valence-corrected chi connectivity index (χ4v) is 2.09. The fraction of sp³-hybridized carbons (Fsp3) is 0.316. The largest absolute Gasteiger partial charge is 0.492 e. The number of ether oxygens (including phenoxy) is 1. The number of pyridine rings is 1. The van der Waals surface area contributed by atoms with Gasteiger partial charge in [-0.25, -0.2) is 4.98 Å². The van der Waals surface area contributed by atoms with Gasteiger partial charge in [-0.2, -0.15) is 13.2 Å². The van der Waals surface area contributed by atoms with Gasteiger partial charge in [-0.05, 0) is 36.4 Å². The third-order valence-electron chi connectivity index (χ3n) is 3.64. The number of nitrogens with one attached hydrogen (secondary N) is 2. The van der Waals surface area contributed by atoms with Crippen LogP contribution < -0.4 is 15.4 Å². The molecule has 1 aromatic heterocycles. The van der Waals surface area contributed by atoms with Crippen LogP contribution in [0.1, 0.15) is 29.8 Å². The predicted molar refractivity (Wildman–Crippen MR) is 97.0 cm³/mol. The Kier molecular flexibility index (Phi) is 6.97. The summed E-state index contributed by atoms with van der Waals surface area (Å²) in [6.07, 6.45) is -2.99. The minimum atomic E-state index is -4.40. The van der Waals surface area contributed by atoms with Crippen molar-refractivity contribution in [3.63, 3.8) is 0 Å². The van der Waals surface area contributed by atoms with Crippen LogP contribution in [-0.2, 0) is 11.0 Å². The lowest BCUT2D eigenvalue weighted by Crippen LogP contribution is -2.28. The van der Waals surface area contributed by atoms with Crippen molar-refractivity contribution in [1.29, 1.82) is 0 Å². The number of halogens is 3. The van der Waals surface area contributed by atoms with E-state index in [0.29, 0.717) is 5.56 Å². The number of carbonyl (C=O) groups is 2. The van der Waals surface area contributed by atoms with Crippen LogP contribution in [0.25, 0.3) is 0 Å². The second-order valence-corrected chi connectivity index (χ2v) is 6.20. The lowest BCUT2D eigenvalue weighted by Gasteiger charge is -2.10. The Balaban J connectivity index is 1.82. The molecule has 0 aliphatic heterocycles. The lowest BCUT2D eigenvalue weighted by atomic mass is 10.2. The topological polar surface area (TPSA) is 80.3 Å². The average Bonchev–Trinajstić information content (AvgIpc) is 2.65. The summed E-state index contributed by atoms with van der Waals surface area (Å²) in [5.41, 5.74) is -0.449. The van der Waals surface area contributed by atoms with E-state index < -0.39 is 17.6 Å². The van der Waals surface area contributed by atoms with Crippen molar-refractivity contribution in [2.24, 2.45) is 5.92 Å². The predicted octanol–water partition coefficient (Wildman–Crippen LogP) is 3.50. The monoisotopic (exact) mass is 395 g/mol. The molecule has 1 aromatic carbocycles. The van der Waals surface area contributed by atoms with Gasteiger partial charge in [-0.3, -0.25) is 9.59 Å². The average molecular weight is 395 g/mol. The zero-order valence-corrected chi connectivity index (χ0v) is 15.3. The maximum absolute atomic E-state index is 12.5. The first-order chi connectivity index (χ1) is 13.2. The second kappa shape index (κ2) is 9.20. The van der Waals surface area contributed by atoms with Crippen LogP contribution >= 0.6 is 0 Å². The van der Waals surface area contributed by atoms with Gasteiger partial charge in [0, 0.05) is 17.7 Å². The minimum absolute atomic E-state index is 0.0825. The van der Waals surface area contributed by atoms with E-state index in [0.717, 1.165) is 12.1 Å². The van der Waals surface area contributed by atoms with Crippen molar-refractivity contribution in [3.8, 4) is 5.75 Å². The number of amides is 2. The molecule has 28 heavy (non-hydrogen) atoms. The summed E-state index contributed by atoms with van der Waals surface area (Å²) in [7, 11) is 0. The molecule has 0 saturated carbocycles. The molecular formula is C19H20F3N3O3. The quantitative estimate of drug-likeness (QED) is 0.703. The van der Waals surface area contributed by atoms with Crippen LogP contribution in [-0.4, -0.2) is 29.9 Å². The van der Waals surface area contributed by atoms with Gasteiger partial charge >= 0.3 is 6.18 Å². The van der Waals surface area contributed by atoms with Gasteiger partial charge in [-0.1, -0.05) is 13.8 Å². The summed E-state index contributed by atoms with van der Waals surface area (Å²) in [6.45, 7) is 3.71. The number of rotatable bonds is 7. The molecule has 9 heteroatoms. The molecular weight excluding hydrogens is 375 g/mol. The molecule has 1 heterocycles.